The molecule has 0 saturated carbocycles. The minimum Gasteiger partial charge on any atom is -0.870 e. The van der Waals surface area contributed by atoms with Gasteiger partial charge in [0.25, 0.3) is 10.1 Å². The summed E-state index contributed by atoms with van der Waals surface area (Å²) < 4.78 is 38.3. The number of benzene rings is 2. The maximum absolute atomic E-state index is 12.7. The van der Waals surface area contributed by atoms with Gasteiger partial charge in [0.1, 0.15) is 11.5 Å². The minimum atomic E-state index is -4.45. The summed E-state index contributed by atoms with van der Waals surface area (Å²) in [7, 11) is -4.45. The predicted molar refractivity (Wildman–Crippen MR) is 99.3 cm³/mol. The van der Waals surface area contributed by atoms with E-state index < -0.39 is 15.9 Å². The molecule has 0 aliphatic carbocycles. The molecular formula is C20H25KO5S. The quantitative estimate of drug-likeness (QED) is 0.362. The summed E-state index contributed by atoms with van der Waals surface area (Å²) >= 11 is 0. The van der Waals surface area contributed by atoms with Crippen LogP contribution in [0.25, 0.3) is 0 Å². The van der Waals surface area contributed by atoms with Gasteiger partial charge in [-0.05, 0) is 42.7 Å². The van der Waals surface area contributed by atoms with E-state index in [4.69, 9.17) is 4.74 Å². The van der Waals surface area contributed by atoms with Crippen molar-refractivity contribution in [3.8, 4) is 17.2 Å². The molecule has 0 unspecified atom stereocenters. The van der Waals surface area contributed by atoms with Crippen LogP contribution in [0.15, 0.2) is 47.4 Å². The van der Waals surface area contributed by atoms with Crippen molar-refractivity contribution in [1.29, 1.82) is 0 Å². The first kappa shape index (κ1) is 24.6. The molecule has 2 rings (SSSR count). The summed E-state index contributed by atoms with van der Waals surface area (Å²) in [5.41, 5.74) is 0.0939. The van der Waals surface area contributed by atoms with Crippen LogP contribution in [-0.2, 0) is 16.5 Å². The molecule has 0 aliphatic heterocycles. The van der Waals surface area contributed by atoms with E-state index in [1.807, 2.05) is 6.07 Å². The molecule has 2 aromatic rings. The van der Waals surface area contributed by atoms with E-state index in [0.29, 0.717) is 18.6 Å². The Labute approximate surface area is 204 Å². The van der Waals surface area contributed by atoms with Crippen molar-refractivity contribution in [1.82, 2.24) is 0 Å². The smallest absolute Gasteiger partial charge is 0.870 e. The molecule has 0 amide bonds. The van der Waals surface area contributed by atoms with Crippen LogP contribution in [0, 0.1) is 0 Å². The van der Waals surface area contributed by atoms with Crippen LogP contribution in [0.4, 0.5) is 0 Å². The molecule has 0 aliphatic rings. The molecule has 0 radical (unpaired) electrons. The van der Waals surface area contributed by atoms with Crippen molar-refractivity contribution in [2.24, 2.45) is 0 Å². The first-order chi connectivity index (χ1) is 12.4. The maximum Gasteiger partial charge on any atom is 1.00 e. The molecule has 1 N–H and O–H groups in total. The Morgan fingerprint density at radius 2 is 1.59 bits per heavy atom. The first-order valence-corrected chi connectivity index (χ1v) is 10.4. The summed E-state index contributed by atoms with van der Waals surface area (Å²) in [5, 5.41) is 12.7. The van der Waals surface area contributed by atoms with Crippen molar-refractivity contribution in [3.05, 3.63) is 48.0 Å². The molecule has 0 spiro atoms. The third kappa shape index (κ3) is 7.85. The fraction of sp³-hybridized carbons (Fsp3) is 0.400. The standard InChI is InChI=1S/C20H26O5S.K/c1-2-3-4-5-6-10-13-17-19(26(22,23)24)15-14-18(20(17)21)25-16-11-8-7-9-12-16;/h7-9,11-12,14-15,21H,2-6,10,13H2,1H3,(H,22,23,24);/q;+1/p-1. The van der Waals surface area contributed by atoms with E-state index >= 15 is 0 Å². The Bertz CT molecular complexity index is 807. The fourth-order valence-electron chi connectivity index (χ4n) is 2.84. The average Bonchev–Trinajstić information content (AvgIpc) is 2.60. The zero-order valence-electron chi connectivity index (χ0n) is 16.0. The Kier molecular flexibility index (Phi) is 11.1. The molecule has 2 aromatic carbocycles. The van der Waals surface area contributed by atoms with Gasteiger partial charge >= 0.3 is 51.4 Å². The monoisotopic (exact) mass is 416 g/mol. The van der Waals surface area contributed by atoms with Gasteiger partial charge in [0.15, 0.2) is 0 Å². The Morgan fingerprint density at radius 3 is 2.22 bits per heavy atom. The van der Waals surface area contributed by atoms with Crippen molar-refractivity contribution >= 4 is 10.1 Å². The largest absolute Gasteiger partial charge is 1.00 e. The SMILES string of the molecule is CCCCCCCCc1c(S(=O)(=O)O)ccc(Oc2ccccc2)c1[O-].[K+]. The normalized spacial score (nSPS) is 11.0. The summed E-state index contributed by atoms with van der Waals surface area (Å²) in [6, 6.07) is 11.3. The number of hydrogen-bond acceptors (Lipinski definition) is 4. The van der Waals surface area contributed by atoms with Gasteiger partial charge in [0.05, 0.1) is 4.90 Å². The molecule has 0 atom stereocenters. The Morgan fingerprint density at radius 1 is 0.963 bits per heavy atom. The molecule has 0 saturated heterocycles. The number of rotatable bonds is 10. The molecule has 0 fully saturated rings. The van der Waals surface area contributed by atoms with Gasteiger partial charge in [0, 0.05) is 0 Å². The molecule has 0 bridgehead atoms. The Balaban J connectivity index is 0.00000364. The third-order valence-electron chi connectivity index (χ3n) is 4.21. The number of unbranched alkanes of at least 4 members (excludes halogenated alkanes) is 5. The van der Waals surface area contributed by atoms with Crippen LogP contribution in [0.3, 0.4) is 0 Å². The van der Waals surface area contributed by atoms with Crippen LogP contribution in [0.2, 0.25) is 0 Å². The van der Waals surface area contributed by atoms with E-state index in [9.17, 15) is 18.1 Å². The zero-order valence-corrected chi connectivity index (χ0v) is 19.9. The summed E-state index contributed by atoms with van der Waals surface area (Å²) in [5.74, 6) is 0.0665. The number of ether oxygens (including phenoxy) is 1. The van der Waals surface area contributed by atoms with Crippen LogP contribution in [-0.4, -0.2) is 13.0 Å². The van der Waals surface area contributed by atoms with Gasteiger partial charge in [0.2, 0.25) is 0 Å². The molecule has 27 heavy (non-hydrogen) atoms. The van der Waals surface area contributed by atoms with Crippen LogP contribution >= 0.6 is 0 Å². The molecule has 5 nitrogen and oxygen atoms in total. The average molecular weight is 417 g/mol. The van der Waals surface area contributed by atoms with Crippen LogP contribution < -0.4 is 61.2 Å². The zero-order chi connectivity index (χ0) is 19.0. The van der Waals surface area contributed by atoms with E-state index in [0.717, 1.165) is 25.7 Å². The second-order valence-corrected chi connectivity index (χ2v) is 7.67. The second-order valence-electron chi connectivity index (χ2n) is 6.28. The summed E-state index contributed by atoms with van der Waals surface area (Å²) in [6.07, 6.45) is 6.39. The van der Waals surface area contributed by atoms with Crippen molar-refractivity contribution in [2.75, 3.05) is 0 Å². The maximum atomic E-state index is 12.7. The van der Waals surface area contributed by atoms with Gasteiger partial charge in [-0.1, -0.05) is 63.0 Å². The molecule has 142 valence electrons. The van der Waals surface area contributed by atoms with E-state index in [-0.39, 0.29) is 67.6 Å². The van der Waals surface area contributed by atoms with E-state index in [1.54, 1.807) is 24.3 Å². The summed E-state index contributed by atoms with van der Waals surface area (Å²) in [4.78, 5) is -0.323. The van der Waals surface area contributed by atoms with Crippen molar-refractivity contribution < 1.29 is 74.2 Å². The molecule has 0 heterocycles. The fourth-order valence-corrected chi connectivity index (χ4v) is 3.59. The Hall–Kier alpha value is -0.414. The topological polar surface area (TPSA) is 86.7 Å². The van der Waals surface area contributed by atoms with Gasteiger partial charge in [-0.2, -0.15) is 8.42 Å². The van der Waals surface area contributed by atoms with Crippen LogP contribution in [0.1, 0.15) is 51.0 Å². The molecular weight excluding hydrogens is 391 g/mol. The number of para-hydroxylation sites is 1. The van der Waals surface area contributed by atoms with Gasteiger partial charge < -0.3 is 9.84 Å². The molecule has 0 aromatic heterocycles. The van der Waals surface area contributed by atoms with E-state index in [2.05, 4.69) is 6.92 Å². The number of hydrogen-bond donors (Lipinski definition) is 1. The van der Waals surface area contributed by atoms with Gasteiger partial charge in [-0.15, -0.1) is 0 Å². The first-order valence-electron chi connectivity index (χ1n) is 8.96. The minimum absolute atomic E-state index is 0. The second kappa shape index (κ2) is 12.2. The predicted octanol–water partition coefficient (Wildman–Crippen LogP) is 1.71. The van der Waals surface area contributed by atoms with Gasteiger partial charge in [-0.25, -0.2) is 0 Å². The van der Waals surface area contributed by atoms with Crippen molar-refractivity contribution in [3.63, 3.8) is 0 Å². The third-order valence-corrected chi connectivity index (χ3v) is 5.15. The van der Waals surface area contributed by atoms with Gasteiger partial charge in [-0.3, -0.25) is 4.55 Å². The van der Waals surface area contributed by atoms with E-state index in [1.165, 1.54) is 18.6 Å². The summed E-state index contributed by atoms with van der Waals surface area (Å²) in [6.45, 7) is 2.14. The van der Waals surface area contributed by atoms with Crippen molar-refractivity contribution in [2.45, 2.75) is 56.8 Å². The molecule has 7 heteroatoms. The van der Waals surface area contributed by atoms with Crippen LogP contribution in [0.5, 0.6) is 17.2 Å².